The molecule has 4 heteroatoms. The lowest BCUT2D eigenvalue weighted by atomic mass is 9.79. The van der Waals surface area contributed by atoms with E-state index in [0.29, 0.717) is 18.9 Å². The van der Waals surface area contributed by atoms with Crippen molar-refractivity contribution in [2.45, 2.75) is 64.6 Å². The van der Waals surface area contributed by atoms with E-state index in [9.17, 15) is 9.90 Å². The lowest BCUT2D eigenvalue weighted by Gasteiger charge is -2.33. The number of phenols is 1. The Morgan fingerprint density at radius 1 is 1.35 bits per heavy atom. The van der Waals surface area contributed by atoms with Gasteiger partial charge in [-0.25, -0.2) is 0 Å². The van der Waals surface area contributed by atoms with E-state index in [1.807, 2.05) is 6.07 Å². The number of hydrogen-bond acceptors (Lipinski definition) is 3. The van der Waals surface area contributed by atoms with Crippen molar-refractivity contribution in [2.24, 2.45) is 11.8 Å². The Morgan fingerprint density at radius 2 is 2.13 bits per heavy atom. The first-order valence-electron chi connectivity index (χ1n) is 8.87. The molecule has 1 aromatic rings. The highest BCUT2D eigenvalue weighted by molar-refractivity contribution is 5.82. The summed E-state index contributed by atoms with van der Waals surface area (Å²) in [5, 5.41) is 16.1. The van der Waals surface area contributed by atoms with Crippen LogP contribution >= 0.6 is 0 Å². The van der Waals surface area contributed by atoms with Gasteiger partial charge in [0.1, 0.15) is 5.75 Å². The van der Waals surface area contributed by atoms with Gasteiger partial charge >= 0.3 is 0 Å². The fourth-order valence-corrected chi connectivity index (χ4v) is 3.56. The summed E-state index contributed by atoms with van der Waals surface area (Å²) >= 11 is 0. The number of rotatable bonds is 5. The Hall–Kier alpha value is -1.55. The number of phenolic OH excluding ortho intramolecular Hbond substituents is 1. The predicted octanol–water partition coefficient (Wildman–Crippen LogP) is 2.74. The number of nitrogens with one attached hydrogen (secondary N) is 2. The molecule has 2 atom stereocenters. The zero-order chi connectivity index (χ0) is 16.4. The third kappa shape index (κ3) is 3.86. The van der Waals surface area contributed by atoms with Crippen molar-refractivity contribution in [1.82, 2.24) is 10.6 Å². The minimum atomic E-state index is -0.172. The van der Waals surface area contributed by atoms with Gasteiger partial charge in [0.05, 0.1) is 6.04 Å². The van der Waals surface area contributed by atoms with E-state index >= 15 is 0 Å². The van der Waals surface area contributed by atoms with E-state index in [4.69, 9.17) is 0 Å². The molecule has 0 aromatic heterocycles. The van der Waals surface area contributed by atoms with Crippen LogP contribution in [0.2, 0.25) is 0 Å². The van der Waals surface area contributed by atoms with Gasteiger partial charge in [0.15, 0.2) is 0 Å². The van der Waals surface area contributed by atoms with Crippen molar-refractivity contribution in [2.75, 3.05) is 0 Å². The Balaban J connectivity index is 1.60. The molecule has 126 valence electrons. The van der Waals surface area contributed by atoms with Crippen molar-refractivity contribution < 1.29 is 9.90 Å². The molecule has 4 nitrogen and oxygen atoms in total. The average molecular weight is 316 g/mol. The maximum Gasteiger partial charge on any atom is 0.237 e. The molecule has 1 fully saturated rings. The summed E-state index contributed by atoms with van der Waals surface area (Å²) in [6.45, 7) is 5.02. The normalized spacial score (nSPS) is 22.3. The molecule has 1 heterocycles. The molecule has 0 spiro atoms. The second-order valence-corrected chi connectivity index (χ2v) is 7.48. The van der Waals surface area contributed by atoms with Crippen LogP contribution in [0.5, 0.6) is 5.75 Å². The van der Waals surface area contributed by atoms with Crippen LogP contribution in [0.4, 0.5) is 0 Å². The van der Waals surface area contributed by atoms with E-state index < -0.39 is 0 Å². The Bertz CT molecular complexity index is 566. The van der Waals surface area contributed by atoms with E-state index in [0.717, 1.165) is 23.5 Å². The van der Waals surface area contributed by atoms with Crippen LogP contribution in [0.1, 0.15) is 50.7 Å². The molecule has 0 bridgehead atoms. The molecule has 1 aromatic carbocycles. The van der Waals surface area contributed by atoms with Gasteiger partial charge in [-0.1, -0.05) is 39.2 Å². The van der Waals surface area contributed by atoms with Crippen LogP contribution in [0.15, 0.2) is 18.2 Å². The first-order valence-corrected chi connectivity index (χ1v) is 8.87. The highest BCUT2D eigenvalue weighted by Gasteiger charge is 2.29. The first kappa shape index (κ1) is 16.3. The van der Waals surface area contributed by atoms with Crippen LogP contribution in [0.25, 0.3) is 0 Å². The minimum Gasteiger partial charge on any atom is -0.508 e. The summed E-state index contributed by atoms with van der Waals surface area (Å²) in [7, 11) is 0. The number of amides is 1. The number of carbonyl (C=O) groups is 1. The van der Waals surface area contributed by atoms with Crippen molar-refractivity contribution in [3.8, 4) is 5.75 Å². The lowest BCUT2D eigenvalue weighted by Crippen LogP contribution is -2.52. The van der Waals surface area contributed by atoms with E-state index in [2.05, 4.69) is 24.5 Å². The van der Waals surface area contributed by atoms with Gasteiger partial charge in [0.25, 0.3) is 0 Å². The van der Waals surface area contributed by atoms with Gasteiger partial charge in [0.2, 0.25) is 5.91 Å². The standard InChI is InChI=1S/C19H28N2O2/c1-12(2)17(8-13-4-3-5-13)21-19(23)18-10-14-6-7-16(22)9-15(14)11-20-18/h6-7,9,12-13,17-18,20,22H,3-5,8,10-11H2,1-2H3,(H,21,23)/t17?,18-/m1/s1. The van der Waals surface area contributed by atoms with Crippen LogP contribution in [0, 0.1) is 11.8 Å². The van der Waals surface area contributed by atoms with E-state index in [1.165, 1.54) is 19.3 Å². The highest BCUT2D eigenvalue weighted by Crippen LogP contribution is 2.32. The minimum absolute atomic E-state index is 0.113. The van der Waals surface area contributed by atoms with Crippen molar-refractivity contribution in [1.29, 1.82) is 0 Å². The molecule has 1 aliphatic heterocycles. The van der Waals surface area contributed by atoms with Gasteiger partial charge in [-0.2, -0.15) is 0 Å². The molecule has 1 aliphatic carbocycles. The number of carbonyl (C=O) groups excluding carboxylic acids is 1. The van der Waals surface area contributed by atoms with Gasteiger partial charge in [-0.15, -0.1) is 0 Å². The summed E-state index contributed by atoms with van der Waals surface area (Å²) in [5.41, 5.74) is 2.24. The Labute approximate surface area is 138 Å². The van der Waals surface area contributed by atoms with Crippen molar-refractivity contribution in [3.63, 3.8) is 0 Å². The van der Waals surface area contributed by atoms with Gasteiger partial charge in [-0.05, 0) is 47.9 Å². The summed E-state index contributed by atoms with van der Waals surface area (Å²) < 4.78 is 0. The second kappa shape index (κ2) is 6.91. The van der Waals surface area contributed by atoms with E-state index in [-0.39, 0.29) is 23.7 Å². The van der Waals surface area contributed by atoms with Crippen molar-refractivity contribution in [3.05, 3.63) is 29.3 Å². The number of hydrogen-bond donors (Lipinski definition) is 3. The monoisotopic (exact) mass is 316 g/mol. The maximum absolute atomic E-state index is 12.7. The predicted molar refractivity (Wildman–Crippen MR) is 91.2 cm³/mol. The van der Waals surface area contributed by atoms with E-state index in [1.54, 1.807) is 12.1 Å². The van der Waals surface area contributed by atoms with Crippen LogP contribution in [-0.4, -0.2) is 23.1 Å². The first-order chi connectivity index (χ1) is 11.0. The SMILES string of the molecule is CC(C)C(CC1CCC1)NC(=O)[C@H]1Cc2ccc(O)cc2CN1. The summed E-state index contributed by atoms with van der Waals surface area (Å²) in [6.07, 6.45) is 5.78. The average Bonchev–Trinajstić information content (AvgIpc) is 2.48. The molecule has 3 N–H and O–H groups in total. The number of fused-ring (bicyclic) bond motifs is 1. The molecule has 1 saturated carbocycles. The van der Waals surface area contributed by atoms with Crippen LogP contribution in [-0.2, 0) is 17.8 Å². The summed E-state index contributed by atoms with van der Waals surface area (Å²) in [4.78, 5) is 12.7. The fourth-order valence-electron chi connectivity index (χ4n) is 3.56. The quantitative estimate of drug-likeness (QED) is 0.783. The van der Waals surface area contributed by atoms with Crippen LogP contribution < -0.4 is 10.6 Å². The summed E-state index contributed by atoms with van der Waals surface area (Å²) in [6, 6.07) is 5.52. The van der Waals surface area contributed by atoms with Crippen molar-refractivity contribution >= 4 is 5.91 Å². The Morgan fingerprint density at radius 3 is 2.78 bits per heavy atom. The second-order valence-electron chi connectivity index (χ2n) is 7.48. The van der Waals surface area contributed by atoms with Gasteiger partial charge in [-0.3, -0.25) is 4.79 Å². The topological polar surface area (TPSA) is 61.4 Å². The molecule has 0 saturated heterocycles. The molecule has 0 radical (unpaired) electrons. The van der Waals surface area contributed by atoms with Crippen LogP contribution in [0.3, 0.4) is 0 Å². The molecule has 3 rings (SSSR count). The zero-order valence-electron chi connectivity index (χ0n) is 14.1. The molecular weight excluding hydrogens is 288 g/mol. The fraction of sp³-hybridized carbons (Fsp3) is 0.632. The summed E-state index contributed by atoms with van der Waals surface area (Å²) in [5.74, 6) is 1.66. The number of aromatic hydroxyl groups is 1. The third-order valence-corrected chi connectivity index (χ3v) is 5.41. The van der Waals surface area contributed by atoms with Gasteiger partial charge < -0.3 is 15.7 Å². The molecule has 1 unspecified atom stereocenters. The maximum atomic E-state index is 12.7. The molecule has 1 amide bonds. The largest absolute Gasteiger partial charge is 0.508 e. The lowest BCUT2D eigenvalue weighted by molar-refractivity contribution is -0.124. The molecule has 2 aliphatic rings. The molecular formula is C19H28N2O2. The highest BCUT2D eigenvalue weighted by atomic mass is 16.3. The smallest absolute Gasteiger partial charge is 0.237 e. The van der Waals surface area contributed by atoms with Gasteiger partial charge in [0, 0.05) is 12.6 Å². The Kier molecular flexibility index (Phi) is 4.90. The number of benzene rings is 1. The molecule has 23 heavy (non-hydrogen) atoms. The third-order valence-electron chi connectivity index (χ3n) is 5.41. The zero-order valence-corrected chi connectivity index (χ0v) is 14.1.